The average Bonchev–Trinajstić information content (AvgIpc) is 2.60. The Morgan fingerprint density at radius 2 is 1.30 bits per heavy atom. The normalized spacial score (nSPS) is 22.9. The maximum Gasteiger partial charge on any atom is 0.0903 e. The molecule has 5 nitrogen and oxygen atoms in total. The summed E-state index contributed by atoms with van der Waals surface area (Å²) in [7, 11) is 0. The van der Waals surface area contributed by atoms with E-state index < -0.39 is 0 Å². The fraction of sp³-hybridized carbons (Fsp3) is 0.647. The van der Waals surface area contributed by atoms with Gasteiger partial charge in [-0.1, -0.05) is 18.2 Å². The zero-order valence-corrected chi connectivity index (χ0v) is 14.3. The number of hydrogen-bond donors (Lipinski definition) is 0. The Bertz CT molecular complexity index is 374. The Morgan fingerprint density at radius 1 is 0.739 bits per heavy atom. The van der Waals surface area contributed by atoms with Crippen LogP contribution in [0, 0.1) is 0 Å². The molecule has 1 fully saturated rings. The summed E-state index contributed by atoms with van der Waals surface area (Å²) in [6, 6.07) is 10.3. The van der Waals surface area contributed by atoms with E-state index in [2.05, 4.69) is 12.1 Å². The molecule has 0 bridgehead atoms. The predicted octanol–water partition coefficient (Wildman–Crippen LogP) is 2.24. The Labute approximate surface area is 142 Å². The Balaban J connectivity index is 1.72. The highest BCUT2D eigenvalue weighted by atomic mass is 32.2. The Kier molecular flexibility index (Phi) is 10.4. The molecule has 1 atom stereocenters. The van der Waals surface area contributed by atoms with Crippen LogP contribution >= 0.6 is 11.8 Å². The molecule has 1 unspecified atom stereocenters. The summed E-state index contributed by atoms with van der Waals surface area (Å²) >= 11 is 1.78. The summed E-state index contributed by atoms with van der Waals surface area (Å²) in [5, 5.41) is 0. The van der Waals surface area contributed by atoms with Crippen LogP contribution in [0.3, 0.4) is 0 Å². The highest BCUT2D eigenvalue weighted by molar-refractivity contribution is 7.99. The summed E-state index contributed by atoms with van der Waals surface area (Å²) in [6.07, 6.45) is 0.0465. The van der Waals surface area contributed by atoms with Crippen molar-refractivity contribution in [1.82, 2.24) is 0 Å². The van der Waals surface area contributed by atoms with Gasteiger partial charge in [-0.05, 0) is 12.1 Å². The second kappa shape index (κ2) is 12.8. The third kappa shape index (κ3) is 9.30. The lowest BCUT2D eigenvalue weighted by molar-refractivity contribution is -0.0359. The molecule has 1 aromatic rings. The van der Waals surface area contributed by atoms with Gasteiger partial charge in [0.2, 0.25) is 0 Å². The van der Waals surface area contributed by atoms with Gasteiger partial charge in [0.25, 0.3) is 0 Å². The van der Waals surface area contributed by atoms with E-state index in [1.165, 1.54) is 4.90 Å². The number of rotatable bonds is 3. The molecule has 130 valence electrons. The maximum atomic E-state index is 5.89. The molecule has 2 rings (SSSR count). The van der Waals surface area contributed by atoms with Gasteiger partial charge in [0.05, 0.1) is 65.6 Å². The standard InChI is InChI=1S/C17H26O5S/c1-2-4-17(5-3-1)23-15-16-14-21-11-10-19-7-6-18-8-9-20-12-13-22-16/h1-5,16H,6-15H2. The van der Waals surface area contributed by atoms with Crippen LogP contribution in [0.4, 0.5) is 0 Å². The van der Waals surface area contributed by atoms with Gasteiger partial charge in [0, 0.05) is 10.6 Å². The summed E-state index contributed by atoms with van der Waals surface area (Å²) in [5.74, 6) is 0.855. The van der Waals surface area contributed by atoms with Crippen LogP contribution in [0.5, 0.6) is 0 Å². The lowest BCUT2D eigenvalue weighted by Crippen LogP contribution is -2.25. The van der Waals surface area contributed by atoms with Gasteiger partial charge in [-0.25, -0.2) is 0 Å². The van der Waals surface area contributed by atoms with Crippen molar-refractivity contribution in [3.05, 3.63) is 30.3 Å². The topological polar surface area (TPSA) is 46.2 Å². The first-order valence-corrected chi connectivity index (χ1v) is 9.04. The summed E-state index contributed by atoms with van der Waals surface area (Å²) in [4.78, 5) is 1.24. The third-order valence-corrected chi connectivity index (χ3v) is 4.32. The third-order valence-electron chi connectivity index (χ3n) is 3.18. The summed E-state index contributed by atoms with van der Waals surface area (Å²) < 4.78 is 27.9. The van der Waals surface area contributed by atoms with Crippen molar-refractivity contribution >= 4 is 11.8 Å². The Hall–Kier alpha value is -0.630. The molecule has 23 heavy (non-hydrogen) atoms. The van der Waals surface area contributed by atoms with E-state index in [1.807, 2.05) is 18.2 Å². The minimum Gasteiger partial charge on any atom is -0.377 e. The van der Waals surface area contributed by atoms with Crippen molar-refractivity contribution in [2.75, 3.05) is 65.2 Å². The molecule has 0 N–H and O–H groups in total. The quantitative estimate of drug-likeness (QED) is 0.785. The van der Waals surface area contributed by atoms with Crippen molar-refractivity contribution < 1.29 is 23.7 Å². The van der Waals surface area contributed by atoms with Crippen LogP contribution in [0.1, 0.15) is 0 Å². The van der Waals surface area contributed by atoms with Crippen molar-refractivity contribution in [3.63, 3.8) is 0 Å². The van der Waals surface area contributed by atoms with E-state index in [1.54, 1.807) is 11.8 Å². The molecule has 0 saturated carbocycles. The van der Waals surface area contributed by atoms with Gasteiger partial charge in [0.1, 0.15) is 0 Å². The molecule has 0 aliphatic carbocycles. The first kappa shape index (κ1) is 18.7. The van der Waals surface area contributed by atoms with Crippen molar-refractivity contribution in [1.29, 1.82) is 0 Å². The van der Waals surface area contributed by atoms with Gasteiger partial charge in [-0.15, -0.1) is 11.8 Å². The number of hydrogen-bond acceptors (Lipinski definition) is 6. The molecule has 0 radical (unpaired) electrons. The molecule has 6 heteroatoms. The zero-order valence-electron chi connectivity index (χ0n) is 13.5. The van der Waals surface area contributed by atoms with E-state index in [4.69, 9.17) is 23.7 Å². The molecule has 0 amide bonds. The first-order valence-electron chi connectivity index (χ1n) is 8.05. The summed E-state index contributed by atoms with van der Waals surface area (Å²) in [5.41, 5.74) is 0. The van der Waals surface area contributed by atoms with Gasteiger partial charge in [-0.3, -0.25) is 0 Å². The fourth-order valence-electron chi connectivity index (χ4n) is 2.00. The molecule has 1 heterocycles. The monoisotopic (exact) mass is 342 g/mol. The Morgan fingerprint density at radius 3 is 1.96 bits per heavy atom. The van der Waals surface area contributed by atoms with Crippen molar-refractivity contribution in [2.45, 2.75) is 11.0 Å². The van der Waals surface area contributed by atoms with Crippen LogP contribution in [-0.4, -0.2) is 71.3 Å². The lowest BCUT2D eigenvalue weighted by Gasteiger charge is -2.18. The first-order chi connectivity index (χ1) is 11.4. The van der Waals surface area contributed by atoms with E-state index in [9.17, 15) is 0 Å². The zero-order chi connectivity index (χ0) is 16.0. The maximum absolute atomic E-state index is 5.89. The van der Waals surface area contributed by atoms with Crippen LogP contribution in [0.15, 0.2) is 35.2 Å². The lowest BCUT2D eigenvalue weighted by atomic mass is 10.4. The van der Waals surface area contributed by atoms with Crippen LogP contribution in [0.25, 0.3) is 0 Å². The fourth-order valence-corrected chi connectivity index (χ4v) is 2.92. The van der Waals surface area contributed by atoms with E-state index in [-0.39, 0.29) is 6.10 Å². The second-order valence-electron chi connectivity index (χ2n) is 5.03. The van der Waals surface area contributed by atoms with E-state index in [0.29, 0.717) is 59.5 Å². The van der Waals surface area contributed by atoms with Gasteiger partial charge < -0.3 is 23.7 Å². The van der Waals surface area contributed by atoms with Crippen LogP contribution in [0.2, 0.25) is 0 Å². The minimum absolute atomic E-state index is 0.0465. The minimum atomic E-state index is 0.0465. The van der Waals surface area contributed by atoms with Crippen LogP contribution in [-0.2, 0) is 23.7 Å². The number of thioether (sulfide) groups is 1. The molecule has 0 aromatic heterocycles. The van der Waals surface area contributed by atoms with E-state index in [0.717, 1.165) is 5.75 Å². The predicted molar refractivity (Wildman–Crippen MR) is 90.2 cm³/mol. The van der Waals surface area contributed by atoms with Crippen LogP contribution < -0.4 is 0 Å². The average molecular weight is 342 g/mol. The summed E-state index contributed by atoms with van der Waals surface area (Å²) in [6.45, 7) is 5.23. The van der Waals surface area contributed by atoms with Crippen molar-refractivity contribution in [2.24, 2.45) is 0 Å². The molecule has 1 aromatic carbocycles. The molecule has 1 saturated heterocycles. The molecular weight excluding hydrogens is 316 g/mol. The highest BCUT2D eigenvalue weighted by Gasteiger charge is 2.11. The number of ether oxygens (including phenoxy) is 5. The van der Waals surface area contributed by atoms with Crippen molar-refractivity contribution in [3.8, 4) is 0 Å². The van der Waals surface area contributed by atoms with Gasteiger partial charge in [-0.2, -0.15) is 0 Å². The SMILES string of the molecule is c1ccc(SCC2COCCOCCOCCOCCO2)cc1. The second-order valence-corrected chi connectivity index (χ2v) is 6.12. The molecule has 1 aliphatic heterocycles. The smallest absolute Gasteiger partial charge is 0.0903 e. The van der Waals surface area contributed by atoms with Gasteiger partial charge in [0.15, 0.2) is 0 Å². The molecular formula is C17H26O5S. The molecule has 1 aliphatic rings. The van der Waals surface area contributed by atoms with E-state index >= 15 is 0 Å². The highest BCUT2D eigenvalue weighted by Crippen LogP contribution is 2.19. The number of benzene rings is 1. The largest absolute Gasteiger partial charge is 0.377 e. The molecule has 0 spiro atoms. The van der Waals surface area contributed by atoms with Gasteiger partial charge >= 0.3 is 0 Å².